The van der Waals surface area contributed by atoms with Crippen molar-refractivity contribution in [2.75, 3.05) is 6.86 Å². The summed E-state index contributed by atoms with van der Waals surface area (Å²) in [4.78, 5) is 0. The van der Waals surface area contributed by atoms with E-state index >= 15 is 0 Å². The predicted molar refractivity (Wildman–Crippen MR) is 33.0 cm³/mol. The van der Waals surface area contributed by atoms with Crippen LogP contribution in [0.25, 0.3) is 0 Å². The standard InChI is InChI=1S/C7H14I2/c1-3-7(2)4-5-8-6-9-7/h3-6H2,1-2H3/q-2. The van der Waals surface area contributed by atoms with Crippen LogP contribution < -0.4 is 42.4 Å². The molecule has 58 valence electrons. The molecule has 0 radical (unpaired) electrons. The first-order valence-electron chi connectivity index (χ1n) is 3.40. The quantitative estimate of drug-likeness (QED) is 0.331. The van der Waals surface area contributed by atoms with Crippen LogP contribution in [0.1, 0.15) is 26.7 Å². The normalized spacial score (nSPS) is 38.4. The maximum absolute atomic E-state index is 2.50. The first kappa shape index (κ1) is 8.56. The zero-order valence-electron chi connectivity index (χ0n) is 6.08. The molecule has 0 N–H and O–H groups in total. The van der Waals surface area contributed by atoms with E-state index in [0.29, 0.717) is 42.4 Å². The Morgan fingerprint density at radius 2 is 2.33 bits per heavy atom. The third-order valence-corrected chi connectivity index (χ3v) is 11.7. The van der Waals surface area contributed by atoms with Crippen LogP contribution >= 0.6 is 0 Å². The first-order chi connectivity index (χ1) is 4.27. The molecule has 1 heterocycles. The third-order valence-electron chi connectivity index (χ3n) is 1.93. The van der Waals surface area contributed by atoms with Crippen molar-refractivity contribution in [1.82, 2.24) is 0 Å². The van der Waals surface area contributed by atoms with E-state index in [4.69, 9.17) is 0 Å². The van der Waals surface area contributed by atoms with Crippen LogP contribution in [0.2, 0.25) is 0 Å². The summed E-state index contributed by atoms with van der Waals surface area (Å²) >= 11 is 1.31. The van der Waals surface area contributed by atoms with Gasteiger partial charge in [0.1, 0.15) is 0 Å². The van der Waals surface area contributed by atoms with Crippen LogP contribution in [-0.4, -0.2) is 10.3 Å². The van der Waals surface area contributed by atoms with Crippen LogP contribution in [-0.2, 0) is 0 Å². The van der Waals surface area contributed by atoms with Crippen LogP contribution in [0.4, 0.5) is 0 Å². The summed E-state index contributed by atoms with van der Waals surface area (Å²) in [6.07, 6.45) is 3.02. The average Bonchev–Trinajstić information content (AvgIpc) is 1.90. The van der Waals surface area contributed by atoms with Gasteiger partial charge in [-0.1, -0.05) is 0 Å². The van der Waals surface area contributed by atoms with Gasteiger partial charge in [0.05, 0.1) is 0 Å². The molecular weight excluding hydrogens is 338 g/mol. The number of alkyl halides is 4. The summed E-state index contributed by atoms with van der Waals surface area (Å²) in [5.41, 5.74) is 0. The number of rotatable bonds is 1. The van der Waals surface area contributed by atoms with Crippen LogP contribution in [0.3, 0.4) is 0 Å². The van der Waals surface area contributed by atoms with Crippen molar-refractivity contribution in [3.8, 4) is 0 Å². The maximum atomic E-state index is 2.50. The fourth-order valence-electron chi connectivity index (χ4n) is 0.810. The first-order valence-corrected chi connectivity index (χ1v) is 9.06. The molecule has 0 amide bonds. The van der Waals surface area contributed by atoms with Gasteiger partial charge in [-0.05, 0) is 0 Å². The molecule has 0 aromatic carbocycles. The van der Waals surface area contributed by atoms with Crippen molar-refractivity contribution < 1.29 is 42.4 Å². The molecule has 9 heavy (non-hydrogen) atoms. The van der Waals surface area contributed by atoms with E-state index in [1.165, 1.54) is 6.42 Å². The molecule has 2 heteroatoms. The number of halogens is 2. The summed E-state index contributed by atoms with van der Waals surface area (Å²) in [7, 11) is 0. The molecular formula is C7H14I2-2. The molecule has 1 saturated heterocycles. The zero-order valence-corrected chi connectivity index (χ0v) is 10.4. The van der Waals surface area contributed by atoms with Crippen LogP contribution in [0.15, 0.2) is 0 Å². The summed E-state index contributed by atoms with van der Waals surface area (Å²) in [6.45, 7) is 4.87. The Hall–Kier alpha value is 1.46. The second kappa shape index (κ2) is 3.74. The van der Waals surface area contributed by atoms with Gasteiger partial charge in [0.2, 0.25) is 0 Å². The predicted octanol–water partition coefficient (Wildman–Crippen LogP) is -4.31. The molecule has 0 bridgehead atoms. The molecule has 1 atom stereocenters. The molecule has 1 rings (SSSR count). The van der Waals surface area contributed by atoms with Gasteiger partial charge in [-0.2, -0.15) is 0 Å². The Morgan fingerprint density at radius 3 is 2.67 bits per heavy atom. The van der Waals surface area contributed by atoms with E-state index in [0.717, 1.165) is 3.42 Å². The van der Waals surface area contributed by atoms with Gasteiger partial charge < -0.3 is 0 Å². The van der Waals surface area contributed by atoms with Crippen molar-refractivity contribution in [3.05, 3.63) is 0 Å². The van der Waals surface area contributed by atoms with Crippen molar-refractivity contribution in [3.63, 3.8) is 0 Å². The number of hydrogen-bond donors (Lipinski definition) is 0. The molecule has 0 spiro atoms. The minimum absolute atomic E-state index is 0.614. The fourth-order valence-corrected chi connectivity index (χ4v) is 13.8. The van der Waals surface area contributed by atoms with E-state index in [2.05, 4.69) is 13.8 Å². The Morgan fingerprint density at radius 1 is 1.56 bits per heavy atom. The van der Waals surface area contributed by atoms with E-state index in [-0.39, 0.29) is 0 Å². The van der Waals surface area contributed by atoms with Gasteiger partial charge in [0, 0.05) is 0 Å². The van der Waals surface area contributed by atoms with Gasteiger partial charge in [-0.3, -0.25) is 0 Å². The molecule has 0 aromatic heterocycles. The monoisotopic (exact) mass is 352 g/mol. The summed E-state index contributed by atoms with van der Waals surface area (Å²) < 4.78 is 4.17. The summed E-state index contributed by atoms with van der Waals surface area (Å²) in [5, 5.41) is 0. The summed E-state index contributed by atoms with van der Waals surface area (Å²) in [5.74, 6) is 0. The Balaban J connectivity index is 2.37. The topological polar surface area (TPSA) is 0 Å². The Kier molecular flexibility index (Phi) is 3.55. The molecule has 0 saturated carbocycles. The van der Waals surface area contributed by atoms with Crippen molar-refractivity contribution >= 4 is 0 Å². The molecule has 1 fully saturated rings. The minimum atomic E-state index is 0.614. The molecule has 0 aliphatic carbocycles. The fraction of sp³-hybridized carbons (Fsp3) is 1.00. The van der Waals surface area contributed by atoms with Gasteiger partial charge in [0.25, 0.3) is 0 Å². The van der Waals surface area contributed by atoms with Gasteiger partial charge in [-0.25, -0.2) is 0 Å². The van der Waals surface area contributed by atoms with E-state index < -0.39 is 0 Å². The Labute approximate surface area is 78.7 Å². The molecule has 0 aromatic rings. The molecule has 1 unspecified atom stereocenters. The molecule has 1 aliphatic heterocycles. The summed E-state index contributed by atoms with van der Waals surface area (Å²) in [6, 6.07) is 0. The van der Waals surface area contributed by atoms with Crippen molar-refractivity contribution in [1.29, 1.82) is 0 Å². The van der Waals surface area contributed by atoms with Crippen LogP contribution in [0, 0.1) is 0 Å². The van der Waals surface area contributed by atoms with Gasteiger partial charge >= 0.3 is 79.4 Å². The van der Waals surface area contributed by atoms with Crippen molar-refractivity contribution in [2.24, 2.45) is 0 Å². The Bertz CT molecular complexity index is 84.9. The van der Waals surface area contributed by atoms with Crippen LogP contribution in [0.5, 0.6) is 0 Å². The van der Waals surface area contributed by atoms with E-state index in [1.807, 2.05) is 0 Å². The zero-order chi connectivity index (χ0) is 6.74. The van der Waals surface area contributed by atoms with Gasteiger partial charge in [0.15, 0.2) is 0 Å². The van der Waals surface area contributed by atoms with Gasteiger partial charge in [-0.15, -0.1) is 0 Å². The van der Waals surface area contributed by atoms with E-state index in [1.54, 1.807) is 13.3 Å². The molecule has 1 aliphatic rings. The third kappa shape index (κ3) is 2.52. The van der Waals surface area contributed by atoms with E-state index in [9.17, 15) is 0 Å². The average molecular weight is 352 g/mol. The second-order valence-corrected chi connectivity index (χ2v) is 12.6. The molecule has 0 nitrogen and oxygen atoms in total. The SMILES string of the molecule is CCC1(C)CC[I-]C[I-]1. The number of hydrogen-bond acceptors (Lipinski definition) is 0. The van der Waals surface area contributed by atoms with Crippen molar-refractivity contribution in [2.45, 2.75) is 30.1 Å². The second-order valence-electron chi connectivity index (χ2n) is 2.63.